The van der Waals surface area contributed by atoms with Crippen LogP contribution in [-0.4, -0.2) is 24.4 Å². The number of hydrogen-bond acceptors (Lipinski definition) is 4. The Morgan fingerprint density at radius 2 is 1.75 bits per heavy atom. The SMILES string of the molecule is C=CCOC(=O)c1ccc(N2C(=O)c3ccccc3C2=O)c(F)c1. The highest BCUT2D eigenvalue weighted by molar-refractivity contribution is 6.34. The fraction of sp³-hybridized carbons (Fsp3) is 0.0556. The Balaban J connectivity index is 1.94. The maximum Gasteiger partial charge on any atom is 0.338 e. The van der Waals surface area contributed by atoms with Crippen LogP contribution >= 0.6 is 0 Å². The lowest BCUT2D eigenvalue weighted by atomic mass is 10.1. The summed E-state index contributed by atoms with van der Waals surface area (Å²) in [5, 5.41) is 0. The molecule has 120 valence electrons. The number of anilines is 1. The second-order valence-corrected chi connectivity index (χ2v) is 5.04. The zero-order valence-electron chi connectivity index (χ0n) is 12.5. The lowest BCUT2D eigenvalue weighted by Crippen LogP contribution is -2.30. The van der Waals surface area contributed by atoms with Crippen LogP contribution in [0.4, 0.5) is 10.1 Å². The van der Waals surface area contributed by atoms with E-state index in [9.17, 15) is 18.8 Å². The third-order valence-corrected chi connectivity index (χ3v) is 3.55. The van der Waals surface area contributed by atoms with Crippen molar-refractivity contribution in [2.75, 3.05) is 11.5 Å². The van der Waals surface area contributed by atoms with Gasteiger partial charge in [-0.2, -0.15) is 0 Å². The summed E-state index contributed by atoms with van der Waals surface area (Å²) in [5.41, 5.74) is 0.212. The highest BCUT2D eigenvalue weighted by Gasteiger charge is 2.37. The first-order valence-electron chi connectivity index (χ1n) is 7.10. The van der Waals surface area contributed by atoms with Gasteiger partial charge in [0.1, 0.15) is 12.4 Å². The molecule has 0 unspecified atom stereocenters. The highest BCUT2D eigenvalue weighted by Crippen LogP contribution is 2.30. The molecular formula is C18H12FNO4. The van der Waals surface area contributed by atoms with Crippen molar-refractivity contribution < 1.29 is 23.5 Å². The Hall–Kier alpha value is -3.28. The van der Waals surface area contributed by atoms with Gasteiger partial charge in [0.25, 0.3) is 11.8 Å². The minimum atomic E-state index is -0.863. The molecule has 0 aliphatic carbocycles. The topological polar surface area (TPSA) is 63.7 Å². The van der Waals surface area contributed by atoms with Gasteiger partial charge in [-0.25, -0.2) is 14.1 Å². The maximum absolute atomic E-state index is 14.4. The molecular weight excluding hydrogens is 313 g/mol. The normalized spacial score (nSPS) is 13.0. The van der Waals surface area contributed by atoms with Gasteiger partial charge in [-0.15, -0.1) is 0 Å². The number of ether oxygens (including phenoxy) is 1. The summed E-state index contributed by atoms with van der Waals surface area (Å²) in [6, 6.07) is 9.72. The number of esters is 1. The summed E-state index contributed by atoms with van der Waals surface area (Å²) >= 11 is 0. The molecule has 0 saturated carbocycles. The minimum Gasteiger partial charge on any atom is -0.458 e. The molecule has 1 aliphatic rings. The van der Waals surface area contributed by atoms with E-state index in [0.717, 1.165) is 11.0 Å². The van der Waals surface area contributed by atoms with E-state index >= 15 is 0 Å². The van der Waals surface area contributed by atoms with Crippen LogP contribution in [-0.2, 0) is 4.74 Å². The number of amides is 2. The fourth-order valence-electron chi connectivity index (χ4n) is 2.44. The first-order valence-corrected chi connectivity index (χ1v) is 7.10. The highest BCUT2D eigenvalue weighted by atomic mass is 19.1. The van der Waals surface area contributed by atoms with Crippen molar-refractivity contribution in [1.29, 1.82) is 0 Å². The van der Waals surface area contributed by atoms with E-state index in [0.29, 0.717) is 0 Å². The third-order valence-electron chi connectivity index (χ3n) is 3.55. The zero-order chi connectivity index (χ0) is 17.3. The summed E-state index contributed by atoms with van der Waals surface area (Å²) in [6.07, 6.45) is 1.39. The molecule has 6 heteroatoms. The van der Waals surface area contributed by atoms with Crippen molar-refractivity contribution in [2.24, 2.45) is 0 Å². The van der Waals surface area contributed by atoms with Gasteiger partial charge in [0.15, 0.2) is 0 Å². The Morgan fingerprint density at radius 3 is 2.29 bits per heavy atom. The van der Waals surface area contributed by atoms with Crippen molar-refractivity contribution in [3.8, 4) is 0 Å². The van der Waals surface area contributed by atoms with Gasteiger partial charge >= 0.3 is 5.97 Å². The second kappa shape index (κ2) is 6.08. The van der Waals surface area contributed by atoms with Gasteiger partial charge in [-0.1, -0.05) is 24.8 Å². The van der Waals surface area contributed by atoms with Crippen molar-refractivity contribution in [2.45, 2.75) is 0 Å². The molecule has 1 heterocycles. The van der Waals surface area contributed by atoms with Crippen LogP contribution in [0.25, 0.3) is 0 Å². The molecule has 3 rings (SSSR count). The van der Waals surface area contributed by atoms with E-state index in [4.69, 9.17) is 4.74 Å². The molecule has 2 aromatic rings. The maximum atomic E-state index is 14.4. The van der Waals surface area contributed by atoms with E-state index in [1.54, 1.807) is 12.1 Å². The molecule has 5 nitrogen and oxygen atoms in total. The summed E-state index contributed by atoms with van der Waals surface area (Å²) in [7, 11) is 0. The molecule has 0 spiro atoms. The quantitative estimate of drug-likeness (QED) is 0.492. The fourth-order valence-corrected chi connectivity index (χ4v) is 2.44. The van der Waals surface area contributed by atoms with Crippen LogP contribution in [0.5, 0.6) is 0 Å². The van der Waals surface area contributed by atoms with Crippen molar-refractivity contribution in [3.05, 3.63) is 77.6 Å². The molecule has 0 fully saturated rings. The van der Waals surface area contributed by atoms with Gasteiger partial charge < -0.3 is 4.74 Å². The van der Waals surface area contributed by atoms with Crippen LogP contribution in [0.2, 0.25) is 0 Å². The first kappa shape index (κ1) is 15.6. The third kappa shape index (κ3) is 2.48. The summed E-state index contributed by atoms with van der Waals surface area (Å²) in [4.78, 5) is 37.2. The second-order valence-electron chi connectivity index (χ2n) is 5.04. The van der Waals surface area contributed by atoms with E-state index < -0.39 is 23.6 Å². The number of rotatable bonds is 4. The van der Waals surface area contributed by atoms with Crippen LogP contribution in [0.15, 0.2) is 55.1 Å². The Kier molecular flexibility index (Phi) is 3.95. The molecule has 0 bridgehead atoms. The number of benzene rings is 2. The Labute approximate surface area is 137 Å². The molecule has 0 saturated heterocycles. The molecule has 24 heavy (non-hydrogen) atoms. The Morgan fingerprint density at radius 1 is 1.12 bits per heavy atom. The summed E-state index contributed by atoms with van der Waals surface area (Å²) in [5.74, 6) is -2.78. The van der Waals surface area contributed by atoms with Gasteiger partial charge in [0.05, 0.1) is 22.4 Å². The number of nitrogens with zero attached hydrogens (tertiary/aromatic N) is 1. The van der Waals surface area contributed by atoms with Gasteiger partial charge in [0.2, 0.25) is 0 Å². The zero-order valence-corrected chi connectivity index (χ0v) is 12.5. The molecule has 2 amide bonds. The number of carbonyl (C=O) groups is 3. The average molecular weight is 325 g/mol. The van der Waals surface area contributed by atoms with Gasteiger partial charge in [-0.05, 0) is 30.3 Å². The molecule has 0 aromatic heterocycles. The van der Waals surface area contributed by atoms with Crippen molar-refractivity contribution in [1.82, 2.24) is 0 Å². The lowest BCUT2D eigenvalue weighted by Gasteiger charge is -2.15. The molecule has 0 N–H and O–H groups in total. The van der Waals surface area contributed by atoms with Crippen LogP contribution in [0, 0.1) is 5.82 Å². The van der Waals surface area contributed by atoms with Crippen LogP contribution in [0.3, 0.4) is 0 Å². The van der Waals surface area contributed by atoms with E-state index in [-0.39, 0.29) is 29.0 Å². The average Bonchev–Trinajstić information content (AvgIpc) is 2.84. The number of halogens is 1. The predicted molar refractivity (Wildman–Crippen MR) is 84.5 cm³/mol. The molecule has 0 atom stereocenters. The smallest absolute Gasteiger partial charge is 0.338 e. The standard InChI is InChI=1S/C18H12FNO4/c1-2-9-24-18(23)11-7-8-15(14(19)10-11)20-16(21)12-5-3-4-6-13(12)17(20)22/h2-8,10H,1,9H2. The Bertz CT molecular complexity index is 840. The van der Waals surface area contributed by atoms with Crippen LogP contribution < -0.4 is 4.90 Å². The monoisotopic (exact) mass is 325 g/mol. The molecule has 2 aromatic carbocycles. The lowest BCUT2D eigenvalue weighted by molar-refractivity contribution is 0.0549. The number of hydrogen-bond donors (Lipinski definition) is 0. The predicted octanol–water partition coefficient (Wildman–Crippen LogP) is 2.97. The molecule has 1 aliphatic heterocycles. The van der Waals surface area contributed by atoms with Crippen LogP contribution in [0.1, 0.15) is 31.1 Å². The first-order chi connectivity index (χ1) is 11.5. The summed E-state index contributed by atoms with van der Waals surface area (Å²) < 4.78 is 19.2. The van der Waals surface area contributed by atoms with Crippen molar-refractivity contribution in [3.63, 3.8) is 0 Å². The number of carbonyl (C=O) groups excluding carboxylic acids is 3. The van der Waals surface area contributed by atoms with E-state index in [1.165, 1.54) is 30.3 Å². The number of fused-ring (bicyclic) bond motifs is 1. The van der Waals surface area contributed by atoms with Gasteiger partial charge in [-0.3, -0.25) is 9.59 Å². The minimum absolute atomic E-state index is 0.000605. The largest absolute Gasteiger partial charge is 0.458 e. The van der Waals surface area contributed by atoms with Gasteiger partial charge in [0, 0.05) is 0 Å². The summed E-state index contributed by atoms with van der Waals surface area (Å²) in [6.45, 7) is 3.41. The molecule has 0 radical (unpaired) electrons. The van der Waals surface area contributed by atoms with E-state index in [1.807, 2.05) is 0 Å². The van der Waals surface area contributed by atoms with E-state index in [2.05, 4.69) is 6.58 Å². The number of imide groups is 1. The van der Waals surface area contributed by atoms with Crippen molar-refractivity contribution >= 4 is 23.5 Å².